The molecule has 1 atom stereocenters. The van der Waals surface area contributed by atoms with Crippen LogP contribution in [0.25, 0.3) is 0 Å². The molecule has 0 amide bonds. The monoisotopic (exact) mass is 210 g/mol. The Labute approximate surface area is 87.5 Å². The highest BCUT2D eigenvalue weighted by molar-refractivity contribution is 5.80. The molecule has 0 saturated carbocycles. The van der Waals surface area contributed by atoms with Gasteiger partial charge in [0.15, 0.2) is 5.60 Å². The Morgan fingerprint density at radius 2 is 2.27 bits per heavy atom. The predicted molar refractivity (Wildman–Crippen MR) is 52.7 cm³/mol. The Morgan fingerprint density at radius 3 is 2.80 bits per heavy atom. The largest absolute Gasteiger partial charge is 0.479 e. The minimum atomic E-state index is -1.74. The third kappa shape index (κ3) is 1.36. The zero-order valence-corrected chi connectivity index (χ0v) is 8.78. The van der Waals surface area contributed by atoms with Crippen molar-refractivity contribution in [1.29, 1.82) is 0 Å². The molecule has 1 aliphatic carbocycles. The third-order valence-corrected chi connectivity index (χ3v) is 2.91. The molecule has 0 fully saturated rings. The van der Waals surface area contributed by atoms with Gasteiger partial charge in [0.1, 0.15) is 11.5 Å². The molecule has 1 aliphatic rings. The van der Waals surface area contributed by atoms with Crippen molar-refractivity contribution >= 4 is 5.97 Å². The molecule has 0 aliphatic heterocycles. The molecule has 2 rings (SSSR count). The molecule has 4 heteroatoms. The van der Waals surface area contributed by atoms with Gasteiger partial charge in [-0.3, -0.25) is 0 Å². The molecule has 0 saturated heterocycles. The molecule has 0 radical (unpaired) electrons. The lowest BCUT2D eigenvalue weighted by atomic mass is 9.97. The van der Waals surface area contributed by atoms with Crippen LogP contribution in [0.2, 0.25) is 0 Å². The molecule has 0 spiro atoms. The van der Waals surface area contributed by atoms with Gasteiger partial charge in [-0.1, -0.05) is 13.8 Å². The van der Waals surface area contributed by atoms with Gasteiger partial charge in [0.05, 0.1) is 0 Å². The maximum atomic E-state index is 11.0. The molecule has 0 bridgehead atoms. The Bertz CT molecular complexity index is 405. The van der Waals surface area contributed by atoms with Gasteiger partial charge < -0.3 is 14.6 Å². The highest BCUT2D eigenvalue weighted by Gasteiger charge is 2.46. The van der Waals surface area contributed by atoms with Gasteiger partial charge in [-0.15, -0.1) is 0 Å². The molecule has 0 aromatic carbocycles. The number of hydrogen-bond donors (Lipinski definition) is 2. The van der Waals surface area contributed by atoms with E-state index in [1.807, 2.05) is 13.8 Å². The van der Waals surface area contributed by atoms with Crippen LogP contribution in [0.3, 0.4) is 0 Å². The van der Waals surface area contributed by atoms with Gasteiger partial charge in [-0.05, 0) is 12.5 Å². The van der Waals surface area contributed by atoms with Gasteiger partial charge in [0, 0.05) is 17.9 Å². The Morgan fingerprint density at radius 1 is 1.60 bits per heavy atom. The zero-order valence-electron chi connectivity index (χ0n) is 8.78. The predicted octanol–water partition coefficient (Wildman–Crippen LogP) is 1.62. The van der Waals surface area contributed by atoms with Crippen LogP contribution < -0.4 is 0 Å². The molecular weight excluding hydrogens is 196 g/mol. The molecular formula is C11H14O4. The highest BCUT2D eigenvalue weighted by atomic mass is 16.4. The van der Waals surface area contributed by atoms with Crippen molar-refractivity contribution in [3.8, 4) is 0 Å². The summed E-state index contributed by atoms with van der Waals surface area (Å²) in [6.07, 6.45) is 0.694. The normalized spacial score (nSPS) is 24.5. The van der Waals surface area contributed by atoms with Crippen LogP contribution in [-0.2, 0) is 16.8 Å². The molecule has 82 valence electrons. The number of aliphatic hydroxyl groups is 1. The lowest BCUT2D eigenvalue weighted by Crippen LogP contribution is -2.32. The van der Waals surface area contributed by atoms with Crippen LogP contribution in [0.5, 0.6) is 0 Å². The second kappa shape index (κ2) is 3.10. The van der Waals surface area contributed by atoms with Crippen molar-refractivity contribution in [2.75, 3.05) is 0 Å². The molecule has 1 aromatic rings. The Balaban J connectivity index is 2.46. The topological polar surface area (TPSA) is 70.7 Å². The highest BCUT2D eigenvalue weighted by Crippen LogP contribution is 2.40. The second-order valence-electron chi connectivity index (χ2n) is 4.31. The number of carboxylic acids is 1. The van der Waals surface area contributed by atoms with Crippen LogP contribution >= 0.6 is 0 Å². The second-order valence-corrected chi connectivity index (χ2v) is 4.31. The number of aliphatic carboxylic acids is 1. The van der Waals surface area contributed by atoms with Gasteiger partial charge >= 0.3 is 5.97 Å². The Kier molecular flexibility index (Phi) is 2.12. The van der Waals surface area contributed by atoms with Crippen molar-refractivity contribution in [3.05, 3.63) is 23.2 Å². The summed E-state index contributed by atoms with van der Waals surface area (Å²) in [6.45, 7) is 3.93. The van der Waals surface area contributed by atoms with E-state index in [0.29, 0.717) is 17.7 Å². The quantitative estimate of drug-likeness (QED) is 0.778. The number of carbonyl (C=O) groups is 1. The van der Waals surface area contributed by atoms with Gasteiger partial charge in [0.25, 0.3) is 0 Å². The van der Waals surface area contributed by atoms with Crippen LogP contribution in [0.1, 0.15) is 43.3 Å². The molecule has 2 N–H and O–H groups in total. The first-order valence-electron chi connectivity index (χ1n) is 5.04. The first-order chi connectivity index (χ1) is 6.95. The fourth-order valence-corrected chi connectivity index (χ4v) is 1.92. The molecule has 1 unspecified atom stereocenters. The number of aryl methyl sites for hydroxylation is 1. The zero-order chi connectivity index (χ0) is 11.2. The maximum absolute atomic E-state index is 11.0. The number of furan rings is 1. The number of rotatable bonds is 2. The minimum absolute atomic E-state index is 0.202. The van der Waals surface area contributed by atoms with Crippen molar-refractivity contribution in [2.24, 2.45) is 0 Å². The average Bonchev–Trinajstić information content (AvgIpc) is 2.67. The van der Waals surface area contributed by atoms with E-state index in [9.17, 15) is 9.90 Å². The SMILES string of the molecule is CC(C)c1cc2c(o1)CCC2(O)C(=O)O. The fourth-order valence-electron chi connectivity index (χ4n) is 1.92. The van der Waals surface area contributed by atoms with Crippen molar-refractivity contribution in [1.82, 2.24) is 0 Å². The molecule has 1 aromatic heterocycles. The van der Waals surface area contributed by atoms with E-state index in [-0.39, 0.29) is 12.3 Å². The third-order valence-electron chi connectivity index (χ3n) is 2.91. The minimum Gasteiger partial charge on any atom is -0.479 e. The van der Waals surface area contributed by atoms with Crippen LogP contribution in [0, 0.1) is 0 Å². The van der Waals surface area contributed by atoms with Gasteiger partial charge in [0.2, 0.25) is 0 Å². The smallest absolute Gasteiger partial charge is 0.340 e. The molecule has 15 heavy (non-hydrogen) atoms. The summed E-state index contributed by atoms with van der Waals surface area (Å²) in [6, 6.07) is 1.67. The lowest BCUT2D eigenvalue weighted by Gasteiger charge is -2.15. The summed E-state index contributed by atoms with van der Waals surface area (Å²) in [7, 11) is 0. The summed E-state index contributed by atoms with van der Waals surface area (Å²) in [5.74, 6) is 0.356. The molecule has 1 heterocycles. The van der Waals surface area contributed by atoms with E-state index < -0.39 is 11.6 Å². The van der Waals surface area contributed by atoms with E-state index in [2.05, 4.69) is 0 Å². The number of fused-ring (bicyclic) bond motifs is 1. The summed E-state index contributed by atoms with van der Waals surface area (Å²) in [4.78, 5) is 11.0. The van der Waals surface area contributed by atoms with Crippen molar-refractivity contribution in [2.45, 2.75) is 38.2 Å². The first-order valence-corrected chi connectivity index (χ1v) is 5.04. The van der Waals surface area contributed by atoms with E-state index in [4.69, 9.17) is 9.52 Å². The summed E-state index contributed by atoms with van der Waals surface area (Å²) >= 11 is 0. The van der Waals surface area contributed by atoms with E-state index >= 15 is 0 Å². The molecule has 4 nitrogen and oxygen atoms in total. The van der Waals surface area contributed by atoms with E-state index in [1.165, 1.54) is 0 Å². The van der Waals surface area contributed by atoms with Crippen molar-refractivity contribution < 1.29 is 19.4 Å². The summed E-state index contributed by atoms with van der Waals surface area (Å²) < 4.78 is 5.51. The summed E-state index contributed by atoms with van der Waals surface area (Å²) in [5, 5.41) is 18.9. The van der Waals surface area contributed by atoms with Crippen molar-refractivity contribution in [3.63, 3.8) is 0 Å². The van der Waals surface area contributed by atoms with Gasteiger partial charge in [-0.25, -0.2) is 4.79 Å². The fraction of sp³-hybridized carbons (Fsp3) is 0.545. The summed E-state index contributed by atoms with van der Waals surface area (Å²) in [5.41, 5.74) is -1.31. The standard InChI is InChI=1S/C11H14O4/c1-6(2)9-5-7-8(15-9)3-4-11(7,14)10(12)13/h5-6,14H,3-4H2,1-2H3,(H,12,13). The number of carboxylic acid groups (broad SMARTS) is 1. The van der Waals surface area contributed by atoms with Crippen LogP contribution in [-0.4, -0.2) is 16.2 Å². The Hall–Kier alpha value is -1.29. The lowest BCUT2D eigenvalue weighted by molar-refractivity contribution is -0.159. The van der Waals surface area contributed by atoms with E-state index in [0.717, 1.165) is 5.76 Å². The maximum Gasteiger partial charge on any atom is 0.340 e. The van der Waals surface area contributed by atoms with Crippen LogP contribution in [0.4, 0.5) is 0 Å². The number of hydrogen-bond acceptors (Lipinski definition) is 3. The van der Waals surface area contributed by atoms with Crippen LogP contribution in [0.15, 0.2) is 10.5 Å². The van der Waals surface area contributed by atoms with Gasteiger partial charge in [-0.2, -0.15) is 0 Å². The average molecular weight is 210 g/mol. The first kappa shape index (κ1) is 10.2. The van der Waals surface area contributed by atoms with E-state index in [1.54, 1.807) is 6.07 Å².